The number of aromatic nitrogens is 2. The Kier molecular flexibility index (Phi) is 31.6. The third-order valence-electron chi connectivity index (χ3n) is 14.6. The van der Waals surface area contributed by atoms with Crippen molar-refractivity contribution < 1.29 is 87.2 Å². The molecule has 2 aromatic rings. The molecule has 11 atom stereocenters. The number of H-pyrrole nitrogens is 1. The van der Waals surface area contributed by atoms with Crippen molar-refractivity contribution in [1.29, 1.82) is 0 Å². The van der Waals surface area contributed by atoms with E-state index >= 15 is 0 Å². The lowest BCUT2D eigenvalue weighted by Crippen LogP contribution is -2.61. The van der Waals surface area contributed by atoms with Gasteiger partial charge in [0.25, 0.3) is 0 Å². The van der Waals surface area contributed by atoms with Crippen molar-refractivity contribution in [1.82, 2.24) is 79.1 Å². The summed E-state index contributed by atoms with van der Waals surface area (Å²) in [4.78, 5) is 214. The van der Waals surface area contributed by atoms with Gasteiger partial charge in [0, 0.05) is 54.2 Å². The zero-order valence-electron chi connectivity index (χ0n) is 52.4. The number of hydrogen-bond donors (Lipinski definition) is 18. The molecular formula is C57H82N16O18S4. The van der Waals surface area contributed by atoms with E-state index < -0.39 is 204 Å². The van der Waals surface area contributed by atoms with E-state index in [9.17, 15) is 87.2 Å². The molecule has 3 saturated heterocycles. The Balaban J connectivity index is 1.60. The molecule has 1 aromatic carbocycles. The molecule has 3 aliphatic heterocycles. The quantitative estimate of drug-likeness (QED) is 0.0438. The van der Waals surface area contributed by atoms with Crippen LogP contribution >= 0.6 is 43.2 Å². The monoisotopic (exact) mass is 1410 g/mol. The molecule has 0 unspecified atom stereocenters. The number of unbranched alkanes of at least 4 members (excludes halogenated alkanes) is 1. The number of aromatic hydroxyl groups is 1. The Hall–Kier alpha value is -8.36. The summed E-state index contributed by atoms with van der Waals surface area (Å²) in [6, 6.07) is -11.4. The van der Waals surface area contributed by atoms with Crippen LogP contribution in [0, 0.1) is 11.8 Å². The van der Waals surface area contributed by atoms with Gasteiger partial charge in [0.05, 0.1) is 25.8 Å². The van der Waals surface area contributed by atoms with E-state index in [4.69, 9.17) is 5.73 Å². The lowest BCUT2D eigenvalue weighted by molar-refractivity contribution is -0.143. The van der Waals surface area contributed by atoms with Gasteiger partial charge in [-0.3, -0.25) is 67.1 Å². The van der Waals surface area contributed by atoms with Crippen molar-refractivity contribution in [2.24, 2.45) is 17.6 Å². The Bertz CT molecular complexity index is 3080. The van der Waals surface area contributed by atoms with Crippen LogP contribution in [0.1, 0.15) is 83.9 Å². The maximum absolute atomic E-state index is 14.8. The molecule has 3 aliphatic rings. The highest BCUT2D eigenvalue weighted by molar-refractivity contribution is 8.77. The van der Waals surface area contributed by atoms with Gasteiger partial charge in [0.2, 0.25) is 76.8 Å². The second kappa shape index (κ2) is 38.9. The molecule has 0 aliphatic carbocycles. The molecule has 1 aromatic heterocycles. The Morgan fingerprint density at radius 1 is 0.632 bits per heavy atom. The summed E-state index contributed by atoms with van der Waals surface area (Å²) in [6.07, 6.45) is 1.74. The van der Waals surface area contributed by atoms with E-state index in [0.717, 1.165) is 43.2 Å². The predicted molar refractivity (Wildman–Crippen MR) is 348 cm³/mol. The van der Waals surface area contributed by atoms with Gasteiger partial charge in [0.15, 0.2) is 0 Å². The zero-order chi connectivity index (χ0) is 69.9. The van der Waals surface area contributed by atoms with Crippen molar-refractivity contribution in [3.8, 4) is 5.75 Å². The Morgan fingerprint density at radius 2 is 1.22 bits per heavy atom. The minimum Gasteiger partial charge on any atom is -0.508 e. The first-order valence-electron chi connectivity index (χ1n) is 30.4. The van der Waals surface area contributed by atoms with E-state index in [2.05, 4.69) is 79.1 Å². The fraction of sp³-hybridized carbons (Fsp3) is 0.579. The molecule has 522 valence electrons. The summed E-state index contributed by atoms with van der Waals surface area (Å²) in [7, 11) is 3.26. The fourth-order valence-electron chi connectivity index (χ4n) is 9.50. The van der Waals surface area contributed by atoms with Crippen LogP contribution in [-0.2, 0) is 84.8 Å². The average molecular weight is 1410 g/mol. The fourth-order valence-corrected chi connectivity index (χ4v) is 14.2. The molecule has 13 amide bonds. The molecule has 0 spiro atoms. The van der Waals surface area contributed by atoms with Gasteiger partial charge in [-0.05, 0) is 68.2 Å². The minimum atomic E-state index is -1.98. The number of carbonyl (C=O) groups excluding carboxylic acids is 13. The van der Waals surface area contributed by atoms with Crippen LogP contribution in [0.2, 0.25) is 0 Å². The van der Waals surface area contributed by atoms with Crippen LogP contribution in [0.25, 0.3) is 0 Å². The topological polar surface area (TPSA) is 528 Å². The summed E-state index contributed by atoms with van der Waals surface area (Å²) < 4.78 is 0. The van der Waals surface area contributed by atoms with E-state index in [1.807, 2.05) is 0 Å². The molecule has 3 fully saturated rings. The number of benzene rings is 1. The number of nitrogens with one attached hydrogen (secondary N) is 14. The number of nitrogens with zero attached hydrogens (tertiary/aromatic N) is 1. The molecule has 34 nitrogen and oxygen atoms in total. The zero-order valence-corrected chi connectivity index (χ0v) is 55.7. The highest BCUT2D eigenvalue weighted by atomic mass is 33.1. The Labute approximate surface area is 561 Å². The predicted octanol–water partition coefficient (Wildman–Crippen LogP) is -4.56. The first kappa shape index (κ1) is 77.3. The van der Waals surface area contributed by atoms with Gasteiger partial charge >= 0.3 is 11.9 Å². The first-order chi connectivity index (χ1) is 45.1. The molecule has 19 N–H and O–H groups in total. The van der Waals surface area contributed by atoms with Gasteiger partial charge in [-0.25, -0.2) is 9.78 Å². The normalized spacial score (nSPS) is 24.9. The van der Waals surface area contributed by atoms with E-state index in [-0.39, 0.29) is 68.3 Å². The van der Waals surface area contributed by atoms with Gasteiger partial charge in [-0.15, -0.1) is 0 Å². The number of carbonyl (C=O) groups is 15. The van der Waals surface area contributed by atoms with E-state index in [0.29, 0.717) is 12.0 Å². The number of fused-ring (bicyclic) bond motifs is 5. The second-order valence-corrected chi connectivity index (χ2v) is 28.2. The highest BCUT2D eigenvalue weighted by Gasteiger charge is 2.38. The van der Waals surface area contributed by atoms with Crippen LogP contribution in [0.3, 0.4) is 0 Å². The number of carboxylic acid groups (broad SMARTS) is 2. The number of phenols is 1. The van der Waals surface area contributed by atoms with Crippen LogP contribution < -0.4 is 74.9 Å². The summed E-state index contributed by atoms with van der Waals surface area (Å²) in [6.45, 7) is 5.33. The molecule has 5 rings (SSSR count). The van der Waals surface area contributed by atoms with Crippen LogP contribution in [0.15, 0.2) is 36.8 Å². The molecular weight excluding hydrogens is 1320 g/mol. The maximum Gasteiger partial charge on any atom is 0.327 e. The molecule has 4 heterocycles. The van der Waals surface area contributed by atoms with Crippen LogP contribution in [-0.4, -0.2) is 223 Å². The number of phenolic OH excluding ortho intramolecular Hbond substituents is 1. The summed E-state index contributed by atoms with van der Waals surface area (Å²) >= 11 is 0. The lowest BCUT2D eigenvalue weighted by atomic mass is 10.0. The SMILES string of the molecule is CC(C)C[C@@H]1NC(=O)[C@H](CCCCN)NC(=O)[C@H](Cc2ccc(O)cc2)NC(=O)CNC(=O)[C@@H]2CSSC[C@H](NC1=O)C(=O)N[C@@H](Cc1cnc[nH]1)C(=O)N[C@H](CC(=O)O)C(=O)N[C@H](C(=O)O)CSSC[C@H](NC(=O)[C@@H](NC(=O)CNC(=O)[C@@H]1CCC(=O)N1)C(C)C)C(=O)N2. The number of carboxylic acids is 2. The molecule has 38 heteroatoms. The largest absolute Gasteiger partial charge is 0.508 e. The number of rotatable bonds is 20. The van der Waals surface area contributed by atoms with Crippen molar-refractivity contribution in [3.63, 3.8) is 0 Å². The Morgan fingerprint density at radius 3 is 1.83 bits per heavy atom. The number of aromatic amines is 1. The summed E-state index contributed by atoms with van der Waals surface area (Å²) in [5.41, 5.74) is 6.48. The van der Waals surface area contributed by atoms with Crippen LogP contribution in [0.5, 0.6) is 5.75 Å². The number of aliphatic carboxylic acids is 2. The van der Waals surface area contributed by atoms with Gasteiger partial charge < -0.3 is 95.2 Å². The standard InChI is InChI=1S/C57H82N16O18S4/c1-27(2)15-34-50(83)70-39-23-93-92-22-38(48(81)61-20-43(76)64-35(16-29-8-10-31(74)11-9-29)51(84)65-32(49(82)66-34)7-5-6-14-58)69-55(88)40(71-56(89)46(28(3)4)73-44(77)21-60-47(80)33-12-13-42(75)63-33)24-94-95-25-41(57(90)91)72-53(86)37(18-45(78)79)68-52(85)36(67-54(39)87)17-30-19-59-26-62-30/h8-11,19,26-28,32-41,46,74H,5-7,12-18,20-25,58H2,1-4H3,(H,59,62)(H,60,80)(H,61,81)(H,63,75)(H,64,76)(H,65,84)(H,66,82)(H,67,87)(H,68,85)(H,69,88)(H,70,83)(H,71,89)(H,72,86)(H,73,77)(H,78,79)(H,90,91)/t32-,33-,34-,35-,36-,37+,38-,39-,40-,41-,46-/m0/s1. The maximum atomic E-state index is 14.8. The number of nitrogens with two attached hydrogens (primary N) is 1. The van der Waals surface area contributed by atoms with Crippen LogP contribution in [0.4, 0.5) is 0 Å². The lowest BCUT2D eigenvalue weighted by Gasteiger charge is -2.29. The number of amides is 13. The van der Waals surface area contributed by atoms with Gasteiger partial charge in [-0.2, -0.15) is 0 Å². The smallest absolute Gasteiger partial charge is 0.327 e. The van der Waals surface area contributed by atoms with E-state index in [1.54, 1.807) is 27.7 Å². The third-order valence-corrected chi connectivity index (χ3v) is 19.5. The van der Waals surface area contributed by atoms with E-state index in [1.165, 1.54) is 36.8 Å². The molecule has 0 saturated carbocycles. The molecule has 2 bridgehead atoms. The second-order valence-electron chi connectivity index (χ2n) is 23.1. The summed E-state index contributed by atoms with van der Waals surface area (Å²) in [5.74, 6) is -18.2. The average Bonchev–Trinajstić information content (AvgIpc) is 1.51. The highest BCUT2D eigenvalue weighted by Crippen LogP contribution is 2.26. The van der Waals surface area contributed by atoms with Gasteiger partial charge in [-0.1, -0.05) is 83.0 Å². The van der Waals surface area contributed by atoms with Crippen molar-refractivity contribution >= 4 is 132 Å². The van der Waals surface area contributed by atoms with Crippen molar-refractivity contribution in [2.45, 2.75) is 152 Å². The molecule has 0 radical (unpaired) electrons. The van der Waals surface area contributed by atoms with Gasteiger partial charge in [0.1, 0.15) is 72.2 Å². The van der Waals surface area contributed by atoms with Crippen molar-refractivity contribution in [3.05, 3.63) is 48.0 Å². The molecule has 95 heavy (non-hydrogen) atoms. The number of hydrogen-bond acceptors (Lipinski definition) is 22. The number of imidazole rings is 1. The minimum absolute atomic E-state index is 0.0243. The summed E-state index contributed by atoms with van der Waals surface area (Å²) in [5, 5.41) is 62.9. The van der Waals surface area contributed by atoms with Crippen molar-refractivity contribution in [2.75, 3.05) is 42.6 Å². The third kappa shape index (κ3) is 26.4. The first-order valence-corrected chi connectivity index (χ1v) is 35.3.